The Kier molecular flexibility index (Phi) is 14.7. The molecule has 0 spiro atoms. The molecular formula is C45H56N4O5. The molecule has 3 atom stereocenters. The van der Waals surface area contributed by atoms with E-state index in [2.05, 4.69) is 64.1 Å². The Morgan fingerprint density at radius 3 is 2.17 bits per heavy atom. The molecule has 0 bridgehead atoms. The standard InChI is InChI=1S/C45H56N4O5/c46-40-14-7-8-15-41(40)48-44(52)17-6-4-5-16-43(51)47-30-34-12-11-13-38(28-34)35-22-24-37(25-23-35)45-53-39(31-49-26-9-2-1-3-10-27-49)29-42(54-45)36-20-18-33(32-50)19-21-36/h7-8,11-15,18-25,28,39,42,45,50H,1-6,9-10,16-17,26-27,29-32,46H2,(H,47,51)(H,48,52)/t39-,42+,45+/m0/s1. The van der Waals surface area contributed by atoms with Crippen molar-refractivity contribution in [1.82, 2.24) is 10.2 Å². The third-order valence-corrected chi connectivity index (χ3v) is 10.5. The predicted molar refractivity (Wildman–Crippen MR) is 214 cm³/mol. The molecule has 0 saturated carbocycles. The lowest BCUT2D eigenvalue weighted by Crippen LogP contribution is -2.40. The molecule has 2 aliphatic heterocycles. The molecule has 4 aromatic rings. The van der Waals surface area contributed by atoms with Crippen LogP contribution in [0.15, 0.2) is 97.1 Å². The van der Waals surface area contributed by atoms with Crippen LogP contribution in [0.2, 0.25) is 0 Å². The number of carbonyl (C=O) groups is 2. The van der Waals surface area contributed by atoms with E-state index in [4.69, 9.17) is 15.2 Å². The van der Waals surface area contributed by atoms with E-state index >= 15 is 0 Å². The van der Waals surface area contributed by atoms with Crippen LogP contribution in [0.1, 0.15) is 105 Å². The predicted octanol–water partition coefficient (Wildman–Crippen LogP) is 8.45. The first kappa shape index (κ1) is 39.2. The second kappa shape index (κ2) is 20.2. The maximum atomic E-state index is 12.6. The number of nitrogens with two attached hydrogens (primary N) is 1. The zero-order chi connectivity index (χ0) is 37.5. The fraction of sp³-hybridized carbons (Fsp3) is 0.422. The van der Waals surface area contributed by atoms with Gasteiger partial charge in [0.2, 0.25) is 11.8 Å². The lowest BCUT2D eigenvalue weighted by molar-refractivity contribution is -0.253. The number of unbranched alkanes of at least 4 members (excludes halogenated alkanes) is 2. The number of aliphatic hydroxyl groups excluding tert-OH is 1. The SMILES string of the molecule is Nc1ccccc1NC(=O)CCCCCC(=O)NCc1cccc(-c2ccc([C@@H]3O[C@H](CN4CCCCCCC4)C[C@H](c4ccc(CO)cc4)O3)cc2)c1. The van der Waals surface area contributed by atoms with E-state index in [-0.39, 0.29) is 30.6 Å². The van der Waals surface area contributed by atoms with Crippen molar-refractivity contribution in [2.45, 2.75) is 102 Å². The van der Waals surface area contributed by atoms with Crippen LogP contribution in [0.3, 0.4) is 0 Å². The average molecular weight is 733 g/mol. The molecule has 6 rings (SSSR count). The largest absolute Gasteiger partial charge is 0.397 e. The van der Waals surface area contributed by atoms with Crippen LogP contribution in [-0.2, 0) is 32.2 Å². The maximum absolute atomic E-state index is 12.6. The van der Waals surface area contributed by atoms with Gasteiger partial charge in [-0.05, 0) is 84.8 Å². The highest BCUT2D eigenvalue weighted by atomic mass is 16.7. The van der Waals surface area contributed by atoms with Gasteiger partial charge in [-0.15, -0.1) is 0 Å². The number of hydrogen-bond donors (Lipinski definition) is 4. The number of para-hydroxylation sites is 2. The van der Waals surface area contributed by atoms with Crippen molar-refractivity contribution in [3.8, 4) is 11.1 Å². The van der Waals surface area contributed by atoms with Gasteiger partial charge in [-0.25, -0.2) is 0 Å². The lowest BCUT2D eigenvalue weighted by Gasteiger charge is -2.38. The quantitative estimate of drug-likeness (QED) is 0.0714. The Balaban J connectivity index is 1.000. The number of likely N-dealkylation sites (tertiary alicyclic amines) is 1. The Labute approximate surface area is 320 Å². The van der Waals surface area contributed by atoms with E-state index in [9.17, 15) is 14.7 Å². The molecule has 0 unspecified atom stereocenters. The molecule has 9 heteroatoms. The highest BCUT2D eigenvalue weighted by Crippen LogP contribution is 2.39. The summed E-state index contributed by atoms with van der Waals surface area (Å²) < 4.78 is 13.3. The van der Waals surface area contributed by atoms with Crippen LogP contribution in [0, 0.1) is 0 Å². The van der Waals surface area contributed by atoms with E-state index in [1.54, 1.807) is 12.1 Å². The van der Waals surface area contributed by atoms with Crippen molar-refractivity contribution in [2.24, 2.45) is 0 Å². The molecule has 5 N–H and O–H groups in total. The first-order chi connectivity index (χ1) is 26.4. The number of hydrogen-bond acceptors (Lipinski definition) is 7. The van der Waals surface area contributed by atoms with Crippen molar-refractivity contribution in [2.75, 3.05) is 30.7 Å². The van der Waals surface area contributed by atoms with Crippen molar-refractivity contribution < 1.29 is 24.2 Å². The molecule has 2 saturated heterocycles. The summed E-state index contributed by atoms with van der Waals surface area (Å²) in [5.74, 6) is -0.0637. The molecule has 286 valence electrons. The second-order valence-electron chi connectivity index (χ2n) is 14.7. The zero-order valence-corrected chi connectivity index (χ0v) is 31.4. The van der Waals surface area contributed by atoms with Crippen LogP contribution in [0.4, 0.5) is 11.4 Å². The molecule has 9 nitrogen and oxygen atoms in total. The summed E-state index contributed by atoms with van der Waals surface area (Å²) in [6.07, 6.45) is 9.72. The summed E-state index contributed by atoms with van der Waals surface area (Å²) in [7, 11) is 0. The Bertz CT molecular complexity index is 1770. The van der Waals surface area contributed by atoms with Crippen molar-refractivity contribution in [3.63, 3.8) is 0 Å². The van der Waals surface area contributed by atoms with Gasteiger partial charge in [-0.2, -0.15) is 0 Å². The van der Waals surface area contributed by atoms with Crippen LogP contribution in [-0.4, -0.2) is 47.6 Å². The van der Waals surface area contributed by atoms with Crippen LogP contribution >= 0.6 is 0 Å². The first-order valence-corrected chi connectivity index (χ1v) is 19.8. The Morgan fingerprint density at radius 1 is 0.722 bits per heavy atom. The monoisotopic (exact) mass is 732 g/mol. The Morgan fingerprint density at radius 2 is 1.43 bits per heavy atom. The van der Waals surface area contributed by atoms with E-state index in [1.807, 2.05) is 36.4 Å². The smallest absolute Gasteiger partial charge is 0.224 e. The van der Waals surface area contributed by atoms with Gasteiger partial charge in [0.1, 0.15) is 0 Å². The van der Waals surface area contributed by atoms with Crippen LogP contribution < -0.4 is 16.4 Å². The summed E-state index contributed by atoms with van der Waals surface area (Å²) in [6.45, 7) is 3.61. The molecule has 2 aliphatic rings. The molecule has 4 aromatic carbocycles. The summed E-state index contributed by atoms with van der Waals surface area (Å²) in [5.41, 5.74) is 13.2. The molecule has 0 aliphatic carbocycles. The summed E-state index contributed by atoms with van der Waals surface area (Å²) in [6, 6.07) is 32.0. The van der Waals surface area contributed by atoms with E-state index in [0.29, 0.717) is 37.2 Å². The molecule has 2 heterocycles. The number of carbonyl (C=O) groups excluding carboxylic acids is 2. The molecule has 54 heavy (non-hydrogen) atoms. The number of aliphatic hydroxyl groups is 1. The van der Waals surface area contributed by atoms with E-state index in [1.165, 1.54) is 32.1 Å². The van der Waals surface area contributed by atoms with Gasteiger partial charge >= 0.3 is 0 Å². The lowest BCUT2D eigenvalue weighted by atomic mass is 9.98. The van der Waals surface area contributed by atoms with Crippen LogP contribution in [0.5, 0.6) is 0 Å². The van der Waals surface area contributed by atoms with E-state index in [0.717, 1.165) is 72.3 Å². The number of benzene rings is 4. The molecular weight excluding hydrogens is 677 g/mol. The van der Waals surface area contributed by atoms with Gasteiger partial charge in [0.25, 0.3) is 0 Å². The number of ether oxygens (including phenoxy) is 2. The number of nitrogens with zero attached hydrogens (tertiary/aromatic N) is 1. The van der Waals surface area contributed by atoms with Crippen molar-refractivity contribution in [1.29, 1.82) is 0 Å². The van der Waals surface area contributed by atoms with Gasteiger partial charge in [0.05, 0.1) is 30.2 Å². The van der Waals surface area contributed by atoms with Gasteiger partial charge in [0, 0.05) is 37.9 Å². The minimum absolute atomic E-state index is 0.00559. The first-order valence-electron chi connectivity index (χ1n) is 19.8. The summed E-state index contributed by atoms with van der Waals surface area (Å²) in [4.78, 5) is 27.4. The fourth-order valence-electron chi connectivity index (χ4n) is 7.37. The topological polar surface area (TPSA) is 126 Å². The minimum atomic E-state index is -0.484. The second-order valence-corrected chi connectivity index (χ2v) is 14.7. The number of rotatable bonds is 15. The van der Waals surface area contributed by atoms with Crippen LogP contribution in [0.25, 0.3) is 11.1 Å². The molecule has 2 amide bonds. The van der Waals surface area contributed by atoms with Gasteiger partial charge in [0.15, 0.2) is 6.29 Å². The minimum Gasteiger partial charge on any atom is -0.397 e. The average Bonchev–Trinajstić information content (AvgIpc) is 3.19. The number of anilines is 2. The molecule has 0 aromatic heterocycles. The summed E-state index contributed by atoms with van der Waals surface area (Å²) >= 11 is 0. The third-order valence-electron chi connectivity index (χ3n) is 10.5. The third kappa shape index (κ3) is 11.7. The Hall–Kier alpha value is -4.54. The van der Waals surface area contributed by atoms with Gasteiger partial charge in [-0.1, -0.05) is 105 Å². The zero-order valence-electron chi connectivity index (χ0n) is 31.4. The fourth-order valence-corrected chi connectivity index (χ4v) is 7.37. The number of amides is 2. The molecule has 2 fully saturated rings. The summed E-state index contributed by atoms with van der Waals surface area (Å²) in [5, 5.41) is 15.5. The molecule has 0 radical (unpaired) electrons. The van der Waals surface area contributed by atoms with Gasteiger partial charge in [-0.3, -0.25) is 9.59 Å². The van der Waals surface area contributed by atoms with Crippen molar-refractivity contribution in [3.05, 3.63) is 119 Å². The highest BCUT2D eigenvalue weighted by molar-refractivity contribution is 5.93. The highest BCUT2D eigenvalue weighted by Gasteiger charge is 2.33. The number of nitrogen functional groups attached to an aromatic ring is 1. The number of nitrogens with one attached hydrogen (secondary N) is 2. The normalized spacial score (nSPS) is 19.4. The van der Waals surface area contributed by atoms with E-state index < -0.39 is 6.29 Å². The van der Waals surface area contributed by atoms with Gasteiger partial charge < -0.3 is 35.8 Å². The van der Waals surface area contributed by atoms with Crippen molar-refractivity contribution >= 4 is 23.2 Å². The maximum Gasteiger partial charge on any atom is 0.224 e.